The molecule has 0 saturated carbocycles. The molecule has 3 aromatic carbocycles. The quantitative estimate of drug-likeness (QED) is 0.382. The van der Waals surface area contributed by atoms with Crippen molar-refractivity contribution in [3.05, 3.63) is 72.3 Å². The highest BCUT2D eigenvalue weighted by atomic mass is 15.2. The van der Waals surface area contributed by atoms with Crippen LogP contribution in [0.4, 0.5) is 0 Å². The summed E-state index contributed by atoms with van der Waals surface area (Å²) in [5, 5.41) is 1.16. The molecule has 6 rings (SSSR count). The van der Waals surface area contributed by atoms with Crippen molar-refractivity contribution in [2.75, 3.05) is 0 Å². The molecule has 124 valence electrons. The molecule has 26 heavy (non-hydrogen) atoms. The molecular weight excluding hydrogens is 320 g/mol. The Bertz CT molecular complexity index is 1500. The van der Waals surface area contributed by atoms with Crippen LogP contribution in [-0.2, 0) is 7.05 Å². The molecule has 4 nitrogen and oxygen atoms in total. The SMILES string of the molecule is Cc1cccc2nc3c4ccccc4n4c5ccccc5[n+](C)c4n3c12. The molecule has 0 aliphatic carbocycles. The largest absolute Gasteiger partial charge is 0.377 e. The van der Waals surface area contributed by atoms with E-state index in [-0.39, 0.29) is 0 Å². The number of aromatic nitrogens is 4. The number of benzene rings is 3. The Morgan fingerprint density at radius 2 is 1.58 bits per heavy atom. The minimum Gasteiger partial charge on any atom is -0.230 e. The van der Waals surface area contributed by atoms with Gasteiger partial charge in [-0.15, -0.1) is 0 Å². The van der Waals surface area contributed by atoms with Gasteiger partial charge >= 0.3 is 5.78 Å². The van der Waals surface area contributed by atoms with E-state index < -0.39 is 0 Å². The molecule has 0 N–H and O–H groups in total. The van der Waals surface area contributed by atoms with Crippen LogP contribution in [0.15, 0.2) is 66.7 Å². The number of para-hydroxylation sites is 4. The summed E-state index contributed by atoms with van der Waals surface area (Å²) in [5.74, 6) is 1.12. The van der Waals surface area contributed by atoms with Gasteiger partial charge in [0.25, 0.3) is 0 Å². The zero-order valence-electron chi connectivity index (χ0n) is 14.6. The molecule has 3 heterocycles. The number of aryl methyl sites for hydroxylation is 2. The summed E-state index contributed by atoms with van der Waals surface area (Å²) in [7, 11) is 2.13. The van der Waals surface area contributed by atoms with Gasteiger partial charge in [0.15, 0.2) is 0 Å². The Balaban J connectivity index is 2.12. The van der Waals surface area contributed by atoms with Crippen LogP contribution in [0.2, 0.25) is 0 Å². The Labute approximate surface area is 149 Å². The van der Waals surface area contributed by atoms with Gasteiger partial charge in [0.1, 0.15) is 27.6 Å². The first kappa shape index (κ1) is 13.8. The second kappa shape index (κ2) is 4.61. The average molecular weight is 337 g/mol. The fourth-order valence-electron chi connectivity index (χ4n) is 4.32. The fourth-order valence-corrected chi connectivity index (χ4v) is 4.32. The lowest BCUT2D eigenvalue weighted by atomic mass is 10.2. The second-order valence-electron chi connectivity index (χ2n) is 6.91. The highest BCUT2D eigenvalue weighted by molar-refractivity contribution is 6.00. The number of fused-ring (bicyclic) bond motifs is 10. The van der Waals surface area contributed by atoms with E-state index in [1.165, 1.54) is 27.6 Å². The highest BCUT2D eigenvalue weighted by Gasteiger charge is 2.25. The number of hydrogen-bond acceptors (Lipinski definition) is 1. The number of nitrogens with zero attached hydrogens (tertiary/aromatic N) is 4. The van der Waals surface area contributed by atoms with Gasteiger partial charge in [0, 0.05) is 0 Å². The Hall–Kier alpha value is -3.40. The van der Waals surface area contributed by atoms with E-state index in [1.807, 2.05) is 0 Å². The zero-order valence-corrected chi connectivity index (χ0v) is 14.6. The molecule has 0 atom stereocenters. The lowest BCUT2D eigenvalue weighted by molar-refractivity contribution is -0.620. The Morgan fingerprint density at radius 1 is 0.808 bits per heavy atom. The maximum atomic E-state index is 5.00. The lowest BCUT2D eigenvalue weighted by Crippen LogP contribution is -2.29. The zero-order chi connectivity index (χ0) is 17.4. The third-order valence-electron chi connectivity index (χ3n) is 5.45. The molecule has 0 fully saturated rings. The number of hydrogen-bond donors (Lipinski definition) is 0. The smallest absolute Gasteiger partial charge is 0.230 e. The molecule has 0 spiro atoms. The second-order valence-corrected chi connectivity index (χ2v) is 6.91. The topological polar surface area (TPSA) is 25.6 Å². The van der Waals surface area contributed by atoms with Crippen molar-refractivity contribution in [2.24, 2.45) is 7.05 Å². The van der Waals surface area contributed by atoms with Gasteiger partial charge in [-0.3, -0.25) is 0 Å². The first-order valence-corrected chi connectivity index (χ1v) is 8.83. The van der Waals surface area contributed by atoms with E-state index >= 15 is 0 Å². The molecular formula is C22H17N4+. The number of imidazole rings is 2. The Morgan fingerprint density at radius 3 is 2.46 bits per heavy atom. The maximum absolute atomic E-state index is 5.00. The van der Waals surface area contributed by atoms with Gasteiger partial charge < -0.3 is 0 Å². The molecule has 0 radical (unpaired) electrons. The van der Waals surface area contributed by atoms with E-state index in [4.69, 9.17) is 4.98 Å². The molecule has 0 saturated heterocycles. The van der Waals surface area contributed by atoms with Crippen molar-refractivity contribution in [2.45, 2.75) is 6.92 Å². The van der Waals surface area contributed by atoms with Gasteiger partial charge in [0.2, 0.25) is 5.65 Å². The van der Waals surface area contributed by atoms with E-state index in [0.29, 0.717) is 0 Å². The third kappa shape index (κ3) is 1.50. The van der Waals surface area contributed by atoms with Crippen molar-refractivity contribution < 1.29 is 4.57 Å². The van der Waals surface area contributed by atoms with Crippen LogP contribution < -0.4 is 4.57 Å². The molecule has 4 heteroatoms. The fraction of sp³-hybridized carbons (Fsp3) is 0.0909. The summed E-state index contributed by atoms with van der Waals surface area (Å²) in [6.07, 6.45) is 0. The molecule has 3 aromatic heterocycles. The summed E-state index contributed by atoms with van der Waals surface area (Å²) >= 11 is 0. The van der Waals surface area contributed by atoms with Gasteiger partial charge in [-0.05, 0) is 42.8 Å². The molecule has 6 aromatic rings. The molecule has 0 amide bonds. The van der Waals surface area contributed by atoms with Crippen LogP contribution in [0.3, 0.4) is 0 Å². The van der Waals surface area contributed by atoms with Crippen molar-refractivity contribution in [3.63, 3.8) is 0 Å². The van der Waals surface area contributed by atoms with Crippen LogP contribution in [0.1, 0.15) is 5.56 Å². The standard InChI is InChI=1S/C22H17N4/c1-14-8-7-10-16-20(14)26-21(23-16)15-9-3-4-11-17(15)25-19-13-6-5-12-18(19)24(2)22(25)26/h3-13H,1-2H3/q+1. The summed E-state index contributed by atoms with van der Waals surface area (Å²) in [4.78, 5) is 5.00. The summed E-state index contributed by atoms with van der Waals surface area (Å²) in [6, 6.07) is 23.4. The van der Waals surface area contributed by atoms with Crippen molar-refractivity contribution in [3.8, 4) is 0 Å². The summed E-state index contributed by atoms with van der Waals surface area (Å²) < 4.78 is 6.93. The van der Waals surface area contributed by atoms with Crippen LogP contribution >= 0.6 is 0 Å². The van der Waals surface area contributed by atoms with Crippen LogP contribution in [0, 0.1) is 6.92 Å². The van der Waals surface area contributed by atoms with Crippen LogP contribution in [0.5, 0.6) is 0 Å². The van der Waals surface area contributed by atoms with Crippen LogP contribution in [0.25, 0.3) is 44.4 Å². The van der Waals surface area contributed by atoms with E-state index in [9.17, 15) is 0 Å². The van der Waals surface area contributed by atoms with E-state index in [1.54, 1.807) is 0 Å². The minimum absolute atomic E-state index is 1.01. The summed E-state index contributed by atoms with van der Waals surface area (Å²) in [5.41, 5.74) is 8.05. The number of rotatable bonds is 0. The van der Waals surface area contributed by atoms with Gasteiger partial charge in [-0.2, -0.15) is 8.80 Å². The molecule has 0 unspecified atom stereocenters. The molecule has 0 aliphatic rings. The normalized spacial score (nSPS) is 12.2. The predicted molar refractivity (Wildman–Crippen MR) is 105 cm³/mol. The maximum Gasteiger partial charge on any atom is 0.377 e. The van der Waals surface area contributed by atoms with E-state index in [2.05, 4.69) is 94.1 Å². The van der Waals surface area contributed by atoms with Crippen LogP contribution in [-0.4, -0.2) is 13.8 Å². The van der Waals surface area contributed by atoms with E-state index in [0.717, 1.165) is 22.3 Å². The van der Waals surface area contributed by atoms with Crippen molar-refractivity contribution >= 4 is 44.4 Å². The van der Waals surface area contributed by atoms with Gasteiger partial charge in [-0.25, -0.2) is 9.55 Å². The highest BCUT2D eigenvalue weighted by Crippen LogP contribution is 2.30. The van der Waals surface area contributed by atoms with Gasteiger partial charge in [-0.1, -0.05) is 36.4 Å². The first-order chi connectivity index (χ1) is 12.8. The van der Waals surface area contributed by atoms with Crippen molar-refractivity contribution in [1.29, 1.82) is 0 Å². The predicted octanol–water partition coefficient (Wildman–Crippen LogP) is 4.18. The minimum atomic E-state index is 1.01. The molecule has 0 aliphatic heterocycles. The average Bonchev–Trinajstić information content (AvgIpc) is 3.20. The molecule has 0 bridgehead atoms. The van der Waals surface area contributed by atoms with Crippen molar-refractivity contribution in [1.82, 2.24) is 13.8 Å². The summed E-state index contributed by atoms with van der Waals surface area (Å²) in [6.45, 7) is 2.16. The van der Waals surface area contributed by atoms with Gasteiger partial charge in [0.05, 0.1) is 12.4 Å². The first-order valence-electron chi connectivity index (χ1n) is 8.83. The Kier molecular flexibility index (Phi) is 2.45. The lowest BCUT2D eigenvalue weighted by Gasteiger charge is -2.02. The monoisotopic (exact) mass is 337 g/mol. The third-order valence-corrected chi connectivity index (χ3v) is 5.45.